The predicted octanol–water partition coefficient (Wildman–Crippen LogP) is -3.61. The van der Waals surface area contributed by atoms with Crippen molar-refractivity contribution in [3.8, 4) is 0 Å². The van der Waals surface area contributed by atoms with Crippen molar-refractivity contribution < 1.29 is 74.3 Å². The summed E-state index contributed by atoms with van der Waals surface area (Å²) < 4.78 is 32.4. The minimum absolute atomic E-state index is 0. The standard InChI is InChI=1S/C4H13O9P3.Na.H/c1-14(6,7)3-2-4(5,15(8,9)10)16(11,12)13;;/h5H,2-3H2,1H3,(H,6,7)(H2,8,9,10)(H2,11,12,13);;/q;+1;-1. The Bertz CT molecular complexity index is 373. The maximum atomic E-state index is 10.9. The van der Waals surface area contributed by atoms with Gasteiger partial charge in [0.2, 0.25) is 0 Å². The molecule has 0 rings (SSSR count). The van der Waals surface area contributed by atoms with E-state index in [1.165, 1.54) is 0 Å². The monoisotopic (exact) mass is 322 g/mol. The molecule has 6 N–H and O–H groups in total. The molecule has 0 aliphatic rings. The predicted molar refractivity (Wildman–Crippen MR) is 55.4 cm³/mol. The Hall–Kier alpha value is 1.45. The Morgan fingerprint density at radius 2 is 1.29 bits per heavy atom. The molecule has 0 heterocycles. The van der Waals surface area contributed by atoms with Gasteiger partial charge in [-0.2, -0.15) is 0 Å². The summed E-state index contributed by atoms with van der Waals surface area (Å²) in [7, 11) is -14.8. The van der Waals surface area contributed by atoms with Gasteiger partial charge in [0.1, 0.15) is 0 Å². The van der Waals surface area contributed by atoms with Crippen LogP contribution in [0.1, 0.15) is 7.85 Å². The third-order valence-electron chi connectivity index (χ3n) is 1.80. The molecule has 1 unspecified atom stereocenters. The molecule has 0 amide bonds. The second-order valence-corrected chi connectivity index (χ2v) is 9.94. The van der Waals surface area contributed by atoms with Crippen LogP contribution in [0.25, 0.3) is 0 Å². The third-order valence-corrected chi connectivity index (χ3v) is 6.72. The normalized spacial score (nSPS) is 17.1. The summed E-state index contributed by atoms with van der Waals surface area (Å²) in [5, 5.41) is 5.67. The van der Waals surface area contributed by atoms with Crippen molar-refractivity contribution in [1.82, 2.24) is 0 Å². The van der Waals surface area contributed by atoms with E-state index in [-0.39, 0.29) is 31.0 Å². The first-order chi connectivity index (χ1) is 6.71. The summed E-state index contributed by atoms with van der Waals surface area (Å²) in [5.74, 6) is 0. The van der Waals surface area contributed by atoms with E-state index in [4.69, 9.17) is 24.5 Å². The first kappa shape index (κ1) is 20.8. The first-order valence-corrected chi connectivity index (χ1v) is 9.35. The summed E-state index contributed by atoms with van der Waals surface area (Å²) in [6, 6.07) is 0. The fourth-order valence-corrected chi connectivity index (χ4v) is 4.07. The average molecular weight is 322 g/mol. The van der Waals surface area contributed by atoms with Crippen LogP contribution in [-0.2, 0) is 13.7 Å². The van der Waals surface area contributed by atoms with Crippen LogP contribution in [0.2, 0.25) is 0 Å². The Labute approximate surface area is 121 Å². The van der Waals surface area contributed by atoms with Gasteiger partial charge < -0.3 is 31.0 Å². The van der Waals surface area contributed by atoms with Crippen molar-refractivity contribution in [1.29, 1.82) is 0 Å². The molecule has 13 heteroatoms. The van der Waals surface area contributed by atoms with Gasteiger partial charge in [0, 0.05) is 19.2 Å². The maximum absolute atomic E-state index is 10.9. The number of hydrogen-bond acceptors (Lipinski definition) is 4. The average Bonchev–Trinajstić information content (AvgIpc) is 1.93. The maximum Gasteiger partial charge on any atom is 1.00 e. The van der Waals surface area contributed by atoms with Gasteiger partial charge in [-0.25, -0.2) is 0 Å². The van der Waals surface area contributed by atoms with Crippen LogP contribution >= 0.6 is 22.6 Å². The van der Waals surface area contributed by atoms with Gasteiger partial charge >= 0.3 is 44.7 Å². The minimum atomic E-state index is -5.54. The van der Waals surface area contributed by atoms with E-state index in [0.29, 0.717) is 0 Å². The van der Waals surface area contributed by atoms with Gasteiger partial charge in [-0.1, -0.05) is 0 Å². The molecular weight excluding hydrogens is 308 g/mol. The fraction of sp³-hybridized carbons (Fsp3) is 1.00. The van der Waals surface area contributed by atoms with Gasteiger partial charge in [-0.3, -0.25) is 13.7 Å². The van der Waals surface area contributed by atoms with Crippen molar-refractivity contribution in [3.05, 3.63) is 0 Å². The van der Waals surface area contributed by atoms with E-state index in [1.54, 1.807) is 0 Å². The quantitative estimate of drug-likeness (QED) is 0.221. The molecule has 0 aromatic rings. The zero-order valence-corrected chi connectivity index (χ0v) is 13.8. The van der Waals surface area contributed by atoms with Crippen LogP contribution in [0.4, 0.5) is 0 Å². The van der Waals surface area contributed by atoms with Gasteiger partial charge in [-0.05, 0) is 0 Å². The number of hydrogen-bond donors (Lipinski definition) is 6. The SMILES string of the molecule is CP(=O)(O)CCC(O)(P(=O)(O)O)P(=O)(O)O.[H-].[Na+]. The zero-order chi connectivity index (χ0) is 13.4. The van der Waals surface area contributed by atoms with Crippen LogP contribution in [0, 0.1) is 0 Å². The third kappa shape index (κ3) is 5.95. The molecule has 100 valence electrons. The molecule has 0 fully saturated rings. The van der Waals surface area contributed by atoms with E-state index in [9.17, 15) is 18.8 Å². The molecule has 0 aliphatic heterocycles. The van der Waals surface area contributed by atoms with Crippen molar-refractivity contribution in [2.45, 2.75) is 11.5 Å². The Balaban J connectivity index is -0.00000112. The molecule has 0 saturated heterocycles. The largest absolute Gasteiger partial charge is 1.00 e. The van der Waals surface area contributed by atoms with E-state index < -0.39 is 40.2 Å². The second-order valence-electron chi connectivity index (χ2n) is 3.39. The van der Waals surface area contributed by atoms with Crippen LogP contribution in [0.5, 0.6) is 0 Å². The molecule has 17 heavy (non-hydrogen) atoms. The van der Waals surface area contributed by atoms with Crippen molar-refractivity contribution >= 4 is 22.6 Å². The van der Waals surface area contributed by atoms with Gasteiger partial charge in [0.15, 0.2) is 7.37 Å². The first-order valence-electron chi connectivity index (χ1n) is 3.84. The second kappa shape index (κ2) is 6.27. The Kier molecular flexibility index (Phi) is 7.65. The molecule has 0 aliphatic carbocycles. The van der Waals surface area contributed by atoms with E-state index >= 15 is 0 Å². The van der Waals surface area contributed by atoms with Crippen molar-refractivity contribution in [2.24, 2.45) is 0 Å². The summed E-state index contributed by atoms with van der Waals surface area (Å²) in [5.41, 5.74) is 0. The van der Waals surface area contributed by atoms with Crippen LogP contribution in [-0.4, -0.2) is 47.5 Å². The van der Waals surface area contributed by atoms with Crippen LogP contribution in [0.3, 0.4) is 0 Å². The Morgan fingerprint density at radius 3 is 1.47 bits per heavy atom. The molecule has 0 saturated carbocycles. The topological polar surface area (TPSA) is 173 Å². The molecule has 0 spiro atoms. The summed E-state index contributed by atoms with van der Waals surface area (Å²) in [6.07, 6.45) is -1.99. The van der Waals surface area contributed by atoms with E-state index in [1.807, 2.05) is 0 Å². The van der Waals surface area contributed by atoms with Gasteiger partial charge in [0.25, 0.3) is 5.08 Å². The molecular formula is C4H14NaO9P3. The number of aliphatic hydroxyl groups is 1. The van der Waals surface area contributed by atoms with Gasteiger partial charge in [-0.15, -0.1) is 0 Å². The minimum Gasteiger partial charge on any atom is -1.00 e. The molecule has 0 bridgehead atoms. The molecule has 0 aromatic carbocycles. The van der Waals surface area contributed by atoms with Crippen LogP contribution < -0.4 is 29.6 Å². The fourth-order valence-electron chi connectivity index (χ4n) is 0.818. The van der Waals surface area contributed by atoms with Crippen LogP contribution in [0.15, 0.2) is 0 Å². The van der Waals surface area contributed by atoms with Gasteiger partial charge in [0.05, 0.1) is 0 Å². The molecule has 0 aromatic heterocycles. The van der Waals surface area contributed by atoms with Crippen molar-refractivity contribution in [2.75, 3.05) is 12.8 Å². The summed E-state index contributed by atoms with van der Waals surface area (Å²) in [6.45, 7) is 0.840. The molecule has 0 radical (unpaired) electrons. The Morgan fingerprint density at radius 1 is 1.00 bits per heavy atom. The van der Waals surface area contributed by atoms with Crippen molar-refractivity contribution in [3.63, 3.8) is 0 Å². The molecule has 1 atom stereocenters. The molecule has 9 nitrogen and oxygen atoms in total. The summed E-state index contributed by atoms with van der Waals surface area (Å²) in [4.78, 5) is 43.5. The summed E-state index contributed by atoms with van der Waals surface area (Å²) >= 11 is 0. The number of rotatable bonds is 5. The zero-order valence-electron chi connectivity index (χ0n) is 10.2. The van der Waals surface area contributed by atoms with E-state index in [2.05, 4.69) is 0 Å². The van der Waals surface area contributed by atoms with E-state index in [0.717, 1.165) is 6.66 Å². The smallest absolute Gasteiger partial charge is 1.00 e.